The number of nitrogens with one attached hydrogen (secondary N) is 2. The molecule has 0 spiro atoms. The van der Waals surface area contributed by atoms with Gasteiger partial charge in [-0.05, 0) is 119 Å². The summed E-state index contributed by atoms with van der Waals surface area (Å²) in [6.07, 6.45) is 7.00. The van der Waals surface area contributed by atoms with E-state index in [1.165, 1.54) is 24.3 Å². The maximum absolute atomic E-state index is 13.4. The summed E-state index contributed by atoms with van der Waals surface area (Å²) in [4.78, 5) is 30.9. The van der Waals surface area contributed by atoms with Crippen LogP contribution in [0.15, 0.2) is 48.5 Å². The van der Waals surface area contributed by atoms with Crippen LogP contribution in [-0.4, -0.2) is 47.3 Å². The zero-order valence-corrected chi connectivity index (χ0v) is 20.4. The first kappa shape index (κ1) is 24.6. The molecule has 2 aromatic carbocycles. The van der Waals surface area contributed by atoms with E-state index in [2.05, 4.69) is 15.2 Å². The summed E-state index contributed by atoms with van der Waals surface area (Å²) in [6.45, 7) is 2.90. The molecule has 1 saturated carbocycles. The van der Waals surface area contributed by atoms with Crippen LogP contribution < -0.4 is 5.32 Å². The van der Waals surface area contributed by atoms with Crippen molar-refractivity contribution in [2.75, 3.05) is 19.6 Å². The van der Waals surface area contributed by atoms with Gasteiger partial charge in [-0.1, -0.05) is 0 Å². The van der Waals surface area contributed by atoms with Gasteiger partial charge in [0.25, 0.3) is 5.91 Å². The Morgan fingerprint density at radius 1 is 0.889 bits per heavy atom. The van der Waals surface area contributed by atoms with Crippen molar-refractivity contribution in [3.8, 4) is 0 Å². The van der Waals surface area contributed by atoms with Gasteiger partial charge in [-0.25, -0.2) is 8.78 Å². The first-order chi connectivity index (χ1) is 17.4. The van der Waals surface area contributed by atoms with Gasteiger partial charge in [-0.15, -0.1) is 0 Å². The zero-order valence-electron chi connectivity index (χ0n) is 20.4. The van der Waals surface area contributed by atoms with E-state index in [0.717, 1.165) is 70.1 Å². The number of likely N-dealkylation sites (tertiary alicyclic amines) is 1. The molecular weight excluding hydrogens is 460 g/mol. The third-order valence-electron chi connectivity index (χ3n) is 7.95. The molecule has 0 unspecified atom stereocenters. The number of piperidine rings is 1. The number of carbonyl (C=O) groups excluding carboxylic acids is 2. The molecule has 0 bridgehead atoms. The Kier molecular flexibility index (Phi) is 7.46. The van der Waals surface area contributed by atoms with Crippen LogP contribution in [0.3, 0.4) is 0 Å². The van der Waals surface area contributed by atoms with Crippen molar-refractivity contribution in [2.45, 2.75) is 51.0 Å². The van der Waals surface area contributed by atoms with Gasteiger partial charge in [0, 0.05) is 28.4 Å². The van der Waals surface area contributed by atoms with E-state index < -0.39 is 0 Å². The molecule has 2 N–H and O–H groups in total. The van der Waals surface area contributed by atoms with E-state index in [1.54, 1.807) is 24.3 Å². The van der Waals surface area contributed by atoms with E-state index in [1.807, 2.05) is 0 Å². The second-order valence-corrected chi connectivity index (χ2v) is 10.4. The molecule has 5 rings (SSSR count). The highest BCUT2D eigenvalue weighted by atomic mass is 19.1. The maximum atomic E-state index is 13.4. The van der Waals surface area contributed by atoms with Gasteiger partial charge in [-0.3, -0.25) is 9.59 Å². The fraction of sp³-hybridized carbons (Fsp3) is 0.448. The standard InChI is InChI=1S/C29H33F2N3O2/c30-23-5-3-20(4-6-23)28(35)21-12-15-34(16-13-21)14-11-19-1-8-25(9-2-19)32-29(36)27-18-22-17-24(31)7-10-26(22)33-27/h3-7,10,17-19,21,25,33H,1-2,8-9,11-16H2,(H,32,36). The molecule has 1 aliphatic carbocycles. The summed E-state index contributed by atoms with van der Waals surface area (Å²) in [5, 5.41) is 3.84. The average molecular weight is 494 g/mol. The summed E-state index contributed by atoms with van der Waals surface area (Å²) < 4.78 is 26.5. The molecule has 2 aliphatic rings. The molecule has 1 saturated heterocycles. The fourth-order valence-corrected chi connectivity index (χ4v) is 5.72. The summed E-state index contributed by atoms with van der Waals surface area (Å²) in [6, 6.07) is 12.2. The van der Waals surface area contributed by atoms with Gasteiger partial charge in [0.1, 0.15) is 17.3 Å². The summed E-state index contributed by atoms with van der Waals surface area (Å²) in [7, 11) is 0. The van der Waals surface area contributed by atoms with E-state index in [-0.39, 0.29) is 35.3 Å². The Morgan fingerprint density at radius 3 is 2.31 bits per heavy atom. The van der Waals surface area contributed by atoms with Gasteiger partial charge < -0.3 is 15.2 Å². The Morgan fingerprint density at radius 2 is 1.58 bits per heavy atom. The quantitative estimate of drug-likeness (QED) is 0.414. The molecule has 0 atom stereocenters. The molecule has 36 heavy (non-hydrogen) atoms. The zero-order chi connectivity index (χ0) is 25.1. The molecule has 1 aliphatic heterocycles. The third-order valence-corrected chi connectivity index (χ3v) is 7.95. The predicted octanol–water partition coefficient (Wildman–Crippen LogP) is 5.72. The first-order valence-electron chi connectivity index (χ1n) is 13.1. The summed E-state index contributed by atoms with van der Waals surface area (Å²) >= 11 is 0. The van der Waals surface area contributed by atoms with Crippen molar-refractivity contribution in [1.82, 2.24) is 15.2 Å². The van der Waals surface area contributed by atoms with Crippen LogP contribution in [0.2, 0.25) is 0 Å². The Balaban J connectivity index is 1.01. The first-order valence-corrected chi connectivity index (χ1v) is 13.1. The second kappa shape index (κ2) is 10.9. The topological polar surface area (TPSA) is 65.2 Å². The molecule has 7 heteroatoms. The van der Waals surface area contributed by atoms with Crippen molar-refractivity contribution in [1.29, 1.82) is 0 Å². The average Bonchev–Trinajstić information content (AvgIpc) is 3.32. The van der Waals surface area contributed by atoms with Gasteiger partial charge in [0.05, 0.1) is 0 Å². The third kappa shape index (κ3) is 5.84. The van der Waals surface area contributed by atoms with Gasteiger partial charge in [-0.2, -0.15) is 0 Å². The number of fused-ring (bicyclic) bond motifs is 1. The van der Waals surface area contributed by atoms with Gasteiger partial charge in [0.15, 0.2) is 5.78 Å². The number of aromatic amines is 1. The molecule has 5 nitrogen and oxygen atoms in total. The van der Waals surface area contributed by atoms with Crippen LogP contribution in [-0.2, 0) is 0 Å². The lowest BCUT2D eigenvalue weighted by atomic mass is 9.83. The smallest absolute Gasteiger partial charge is 0.267 e. The van der Waals surface area contributed by atoms with E-state index in [9.17, 15) is 18.4 Å². The minimum Gasteiger partial charge on any atom is -0.351 e. The highest BCUT2D eigenvalue weighted by molar-refractivity contribution is 5.98. The number of aromatic nitrogens is 1. The number of H-pyrrole nitrogens is 1. The van der Waals surface area contributed by atoms with E-state index in [4.69, 9.17) is 0 Å². The lowest BCUT2D eigenvalue weighted by Crippen LogP contribution is -2.39. The number of ketones is 1. The minimum atomic E-state index is -0.315. The number of nitrogens with zero attached hydrogens (tertiary/aromatic N) is 1. The van der Waals surface area contributed by atoms with Crippen LogP contribution in [0.1, 0.15) is 65.8 Å². The molecular formula is C29H33F2N3O2. The Bertz CT molecular complexity index is 1210. The number of hydrogen-bond acceptors (Lipinski definition) is 3. The minimum absolute atomic E-state index is 0.0297. The van der Waals surface area contributed by atoms with Crippen LogP contribution in [0, 0.1) is 23.5 Å². The summed E-state index contributed by atoms with van der Waals surface area (Å²) in [5.41, 5.74) is 1.84. The highest BCUT2D eigenvalue weighted by Gasteiger charge is 2.27. The number of carbonyl (C=O) groups is 2. The molecule has 2 fully saturated rings. The fourth-order valence-electron chi connectivity index (χ4n) is 5.72. The van der Waals surface area contributed by atoms with Gasteiger partial charge >= 0.3 is 0 Å². The lowest BCUT2D eigenvalue weighted by molar-refractivity contribution is 0.0832. The Hall–Kier alpha value is -3.06. The van der Waals surface area contributed by atoms with Gasteiger partial charge in [0.2, 0.25) is 0 Å². The molecule has 3 aromatic rings. The maximum Gasteiger partial charge on any atom is 0.267 e. The molecule has 1 aromatic heterocycles. The molecule has 190 valence electrons. The molecule has 1 amide bonds. The largest absolute Gasteiger partial charge is 0.351 e. The number of hydrogen-bond donors (Lipinski definition) is 2. The van der Waals surface area contributed by atoms with E-state index >= 15 is 0 Å². The van der Waals surface area contributed by atoms with Crippen LogP contribution >= 0.6 is 0 Å². The predicted molar refractivity (Wildman–Crippen MR) is 136 cm³/mol. The van der Waals surface area contributed by atoms with Crippen LogP contribution in [0.5, 0.6) is 0 Å². The Labute approximate surface area is 210 Å². The monoisotopic (exact) mass is 493 g/mol. The van der Waals surface area contributed by atoms with Crippen LogP contribution in [0.4, 0.5) is 8.78 Å². The number of rotatable bonds is 7. The van der Waals surface area contributed by atoms with Crippen molar-refractivity contribution in [3.63, 3.8) is 0 Å². The van der Waals surface area contributed by atoms with Crippen molar-refractivity contribution in [2.24, 2.45) is 11.8 Å². The number of benzene rings is 2. The van der Waals surface area contributed by atoms with E-state index in [0.29, 0.717) is 22.6 Å². The second-order valence-electron chi connectivity index (χ2n) is 10.4. The lowest BCUT2D eigenvalue weighted by Gasteiger charge is -2.34. The number of amides is 1. The van der Waals surface area contributed by atoms with Crippen molar-refractivity contribution >= 4 is 22.6 Å². The normalized spacial score (nSPS) is 21.5. The van der Waals surface area contributed by atoms with Crippen LogP contribution in [0.25, 0.3) is 10.9 Å². The highest BCUT2D eigenvalue weighted by Crippen LogP contribution is 2.29. The number of Topliss-reactive ketones (excluding diaryl/α,β-unsaturated/α-hetero) is 1. The molecule has 0 radical (unpaired) electrons. The van der Waals surface area contributed by atoms with Crippen molar-refractivity contribution in [3.05, 3.63) is 71.4 Å². The SMILES string of the molecule is O=C(NC1CCC(CCN2CCC(C(=O)c3ccc(F)cc3)CC2)CC1)c1cc2cc(F)ccc2[nH]1. The number of halogens is 2. The van der Waals surface area contributed by atoms with Crippen molar-refractivity contribution < 1.29 is 18.4 Å². The molecule has 2 heterocycles. The summed E-state index contributed by atoms with van der Waals surface area (Å²) in [5.74, 6) is 0.0667.